The first-order valence-electron chi connectivity index (χ1n) is 5.96. The van der Waals surface area contributed by atoms with Gasteiger partial charge in [0.25, 0.3) is 0 Å². The third-order valence-corrected chi connectivity index (χ3v) is 2.73. The number of carbonyl (C=O) groups is 1. The first kappa shape index (κ1) is 15.5. The lowest BCUT2D eigenvalue weighted by molar-refractivity contribution is -0.138. The van der Waals surface area contributed by atoms with E-state index in [9.17, 15) is 4.79 Å². The van der Waals surface area contributed by atoms with E-state index in [-0.39, 0.29) is 0 Å². The highest BCUT2D eigenvalue weighted by atomic mass is 16.5. The molecule has 6 heteroatoms. The summed E-state index contributed by atoms with van der Waals surface area (Å²) in [6.07, 6.45) is 1.57. The third-order valence-electron chi connectivity index (χ3n) is 2.73. The summed E-state index contributed by atoms with van der Waals surface area (Å²) in [4.78, 5) is 17.0. The van der Waals surface area contributed by atoms with Crippen LogP contribution in [0.5, 0.6) is 5.75 Å². The van der Waals surface area contributed by atoms with E-state index in [2.05, 4.69) is 4.99 Å². The maximum absolute atomic E-state index is 11.1. The zero-order valence-corrected chi connectivity index (χ0v) is 11.9. The molecule has 1 rings (SSSR count). The molecular formula is C14H17N3O3. The second-order valence-electron chi connectivity index (χ2n) is 4.49. The first-order chi connectivity index (χ1) is 9.40. The molecule has 0 radical (unpaired) electrons. The molecule has 1 aromatic rings. The van der Waals surface area contributed by atoms with E-state index in [1.54, 1.807) is 24.2 Å². The lowest BCUT2D eigenvalue weighted by atomic mass is 9.97. The zero-order chi connectivity index (χ0) is 15.3. The van der Waals surface area contributed by atoms with Gasteiger partial charge in [-0.3, -0.25) is 4.79 Å². The van der Waals surface area contributed by atoms with Gasteiger partial charge in [-0.05, 0) is 13.0 Å². The number of carboxylic acids is 1. The van der Waals surface area contributed by atoms with Crippen molar-refractivity contribution in [2.75, 3.05) is 21.2 Å². The van der Waals surface area contributed by atoms with Crippen molar-refractivity contribution in [2.24, 2.45) is 4.99 Å². The summed E-state index contributed by atoms with van der Waals surface area (Å²) in [6, 6.07) is 5.11. The maximum atomic E-state index is 11.1. The quantitative estimate of drug-likeness (QED) is 0.656. The normalized spacial score (nSPS) is 11.9. The van der Waals surface area contributed by atoms with E-state index >= 15 is 0 Å². The van der Waals surface area contributed by atoms with Gasteiger partial charge in [-0.2, -0.15) is 5.26 Å². The highest BCUT2D eigenvalue weighted by Crippen LogP contribution is 2.33. The number of hydrogen-bond donors (Lipinski definition) is 1. The lowest BCUT2D eigenvalue weighted by Gasteiger charge is -2.14. The Kier molecular flexibility index (Phi) is 5.09. The molecule has 0 amide bonds. The molecule has 0 heterocycles. The average molecular weight is 275 g/mol. The number of benzene rings is 1. The largest absolute Gasteiger partial charge is 0.496 e. The number of aliphatic imine (C=N–C) groups is 1. The molecule has 0 saturated heterocycles. The van der Waals surface area contributed by atoms with Crippen molar-refractivity contribution in [1.29, 1.82) is 5.26 Å². The standard InChI is InChI=1S/C14H17N3O3/c1-9(14(18)19)11-5-10(7-15)12(6-13(11)20-4)16-8-17(2)3/h5-6,8-9H,1-4H3,(H,18,19). The summed E-state index contributed by atoms with van der Waals surface area (Å²) in [7, 11) is 5.08. The molecule has 0 aliphatic carbocycles. The summed E-state index contributed by atoms with van der Waals surface area (Å²) >= 11 is 0. The van der Waals surface area contributed by atoms with E-state index in [0.717, 1.165) is 0 Å². The molecule has 1 atom stereocenters. The van der Waals surface area contributed by atoms with Crippen LogP contribution in [0.1, 0.15) is 24.0 Å². The monoisotopic (exact) mass is 275 g/mol. The van der Waals surface area contributed by atoms with Crippen molar-refractivity contribution in [3.8, 4) is 11.8 Å². The Morgan fingerprint density at radius 3 is 2.65 bits per heavy atom. The summed E-state index contributed by atoms with van der Waals surface area (Å²) in [5, 5.41) is 18.3. The minimum Gasteiger partial charge on any atom is -0.496 e. The van der Waals surface area contributed by atoms with Crippen LogP contribution in [0.2, 0.25) is 0 Å². The molecule has 0 bridgehead atoms. The topological polar surface area (TPSA) is 85.9 Å². The smallest absolute Gasteiger partial charge is 0.310 e. The molecule has 20 heavy (non-hydrogen) atoms. The van der Waals surface area contributed by atoms with Crippen molar-refractivity contribution in [1.82, 2.24) is 4.90 Å². The van der Waals surface area contributed by atoms with Gasteiger partial charge in [0.15, 0.2) is 0 Å². The maximum Gasteiger partial charge on any atom is 0.310 e. The molecular weight excluding hydrogens is 258 g/mol. The number of rotatable bonds is 5. The van der Waals surface area contributed by atoms with Crippen molar-refractivity contribution in [3.05, 3.63) is 23.3 Å². The van der Waals surface area contributed by atoms with E-state index in [1.807, 2.05) is 20.2 Å². The predicted molar refractivity (Wildman–Crippen MR) is 75.6 cm³/mol. The number of ether oxygens (including phenoxy) is 1. The van der Waals surface area contributed by atoms with Crippen molar-refractivity contribution in [2.45, 2.75) is 12.8 Å². The highest BCUT2D eigenvalue weighted by Gasteiger charge is 2.20. The Morgan fingerprint density at radius 2 is 2.20 bits per heavy atom. The van der Waals surface area contributed by atoms with Crippen LogP contribution >= 0.6 is 0 Å². The summed E-state index contributed by atoms with van der Waals surface area (Å²) < 4.78 is 5.20. The molecule has 1 aromatic carbocycles. The fourth-order valence-electron chi connectivity index (χ4n) is 1.61. The van der Waals surface area contributed by atoms with Crippen LogP contribution in [-0.4, -0.2) is 43.5 Å². The second-order valence-corrected chi connectivity index (χ2v) is 4.49. The predicted octanol–water partition coefficient (Wildman–Crippen LogP) is 1.98. The molecule has 0 saturated carbocycles. The Hall–Kier alpha value is -2.55. The fourth-order valence-corrected chi connectivity index (χ4v) is 1.61. The molecule has 1 unspecified atom stereocenters. The number of carboxylic acid groups (broad SMARTS) is 1. The fraction of sp³-hybridized carbons (Fsp3) is 0.357. The van der Waals surface area contributed by atoms with Crippen LogP contribution in [0.25, 0.3) is 0 Å². The van der Waals surface area contributed by atoms with Crippen molar-refractivity contribution >= 4 is 18.0 Å². The van der Waals surface area contributed by atoms with E-state index in [0.29, 0.717) is 22.6 Å². The Bertz CT molecular complexity index is 574. The third kappa shape index (κ3) is 3.48. The van der Waals surface area contributed by atoms with Gasteiger partial charge < -0.3 is 14.7 Å². The number of hydrogen-bond acceptors (Lipinski definition) is 4. The Balaban J connectivity index is 3.38. The molecule has 0 spiro atoms. The van der Waals surface area contributed by atoms with E-state index < -0.39 is 11.9 Å². The van der Waals surface area contributed by atoms with Gasteiger partial charge in [-0.25, -0.2) is 4.99 Å². The molecule has 0 aliphatic heterocycles. The van der Waals surface area contributed by atoms with E-state index in [1.165, 1.54) is 13.2 Å². The van der Waals surface area contributed by atoms with Gasteiger partial charge in [0.05, 0.1) is 30.6 Å². The summed E-state index contributed by atoms with van der Waals surface area (Å²) in [5.74, 6) is -1.33. The summed E-state index contributed by atoms with van der Waals surface area (Å²) in [5.41, 5.74) is 1.21. The van der Waals surface area contributed by atoms with Gasteiger partial charge in [0.1, 0.15) is 11.8 Å². The number of aliphatic carboxylic acids is 1. The van der Waals surface area contributed by atoms with Crippen LogP contribution in [0.15, 0.2) is 17.1 Å². The van der Waals surface area contributed by atoms with Gasteiger partial charge in [0, 0.05) is 25.7 Å². The molecule has 0 aromatic heterocycles. The minimum absolute atomic E-state index is 0.312. The molecule has 106 valence electrons. The summed E-state index contributed by atoms with van der Waals surface area (Å²) in [6.45, 7) is 1.55. The number of nitriles is 1. The van der Waals surface area contributed by atoms with Gasteiger partial charge in [-0.15, -0.1) is 0 Å². The minimum atomic E-state index is -0.975. The molecule has 6 nitrogen and oxygen atoms in total. The number of nitrogens with zero attached hydrogens (tertiary/aromatic N) is 3. The van der Waals surface area contributed by atoms with Crippen molar-refractivity contribution < 1.29 is 14.6 Å². The van der Waals surface area contributed by atoms with Crippen LogP contribution in [0, 0.1) is 11.3 Å². The van der Waals surface area contributed by atoms with Crippen LogP contribution in [0.4, 0.5) is 5.69 Å². The van der Waals surface area contributed by atoms with Gasteiger partial charge in [0.2, 0.25) is 0 Å². The molecule has 1 N–H and O–H groups in total. The molecule has 0 fully saturated rings. The zero-order valence-electron chi connectivity index (χ0n) is 11.9. The van der Waals surface area contributed by atoms with Gasteiger partial charge >= 0.3 is 5.97 Å². The van der Waals surface area contributed by atoms with Crippen LogP contribution in [0.3, 0.4) is 0 Å². The number of methoxy groups -OCH3 is 1. The Labute approximate surface area is 117 Å². The molecule has 0 aliphatic rings. The highest BCUT2D eigenvalue weighted by molar-refractivity contribution is 5.78. The SMILES string of the molecule is COc1cc(N=CN(C)C)c(C#N)cc1C(C)C(=O)O. The van der Waals surface area contributed by atoms with Crippen molar-refractivity contribution in [3.63, 3.8) is 0 Å². The second kappa shape index (κ2) is 6.57. The first-order valence-corrected chi connectivity index (χ1v) is 5.96. The Morgan fingerprint density at radius 1 is 1.55 bits per heavy atom. The lowest BCUT2D eigenvalue weighted by Crippen LogP contribution is -2.09. The van der Waals surface area contributed by atoms with Gasteiger partial charge in [-0.1, -0.05) is 0 Å². The average Bonchev–Trinajstić information content (AvgIpc) is 2.42. The van der Waals surface area contributed by atoms with Crippen LogP contribution < -0.4 is 4.74 Å². The van der Waals surface area contributed by atoms with E-state index in [4.69, 9.17) is 15.1 Å². The van der Waals surface area contributed by atoms with Crippen LogP contribution in [-0.2, 0) is 4.79 Å².